The predicted molar refractivity (Wildman–Crippen MR) is 72.4 cm³/mol. The lowest BCUT2D eigenvalue weighted by molar-refractivity contribution is -0.0888. The zero-order valence-electron chi connectivity index (χ0n) is 10.3. The van der Waals surface area contributed by atoms with Crippen LogP contribution in [0.3, 0.4) is 0 Å². The number of rotatable bonds is 1. The Hall–Kier alpha value is -0.580. The SMILES string of the molecule is Fc1ccc(C2NCCOC23CCCSC3)cc1. The lowest BCUT2D eigenvalue weighted by Crippen LogP contribution is -2.55. The molecule has 1 N–H and O–H groups in total. The molecule has 0 aliphatic carbocycles. The van der Waals surface area contributed by atoms with Crippen LogP contribution in [0.1, 0.15) is 24.4 Å². The van der Waals surface area contributed by atoms with Gasteiger partial charge < -0.3 is 10.1 Å². The van der Waals surface area contributed by atoms with Crippen LogP contribution in [0.2, 0.25) is 0 Å². The summed E-state index contributed by atoms with van der Waals surface area (Å²) in [5.74, 6) is 2.08. The zero-order chi connectivity index (χ0) is 12.4. The minimum absolute atomic E-state index is 0.0982. The molecule has 0 radical (unpaired) electrons. The molecule has 0 aromatic heterocycles. The first kappa shape index (κ1) is 12.5. The number of hydrogen-bond donors (Lipinski definition) is 1. The highest BCUT2D eigenvalue weighted by atomic mass is 32.2. The van der Waals surface area contributed by atoms with E-state index >= 15 is 0 Å². The Kier molecular flexibility index (Phi) is 3.59. The molecule has 0 amide bonds. The maximum atomic E-state index is 13.0. The van der Waals surface area contributed by atoms with E-state index in [4.69, 9.17) is 4.74 Å². The number of benzene rings is 1. The third kappa shape index (κ3) is 2.29. The summed E-state index contributed by atoms with van der Waals surface area (Å²) < 4.78 is 19.2. The van der Waals surface area contributed by atoms with E-state index in [0.29, 0.717) is 0 Å². The number of halogens is 1. The Morgan fingerprint density at radius 2 is 2.17 bits per heavy atom. The first-order valence-corrected chi connectivity index (χ1v) is 7.66. The maximum absolute atomic E-state index is 13.0. The first-order valence-electron chi connectivity index (χ1n) is 6.51. The summed E-state index contributed by atoms with van der Waals surface area (Å²) in [5, 5.41) is 3.55. The van der Waals surface area contributed by atoms with Gasteiger partial charge in [-0.1, -0.05) is 12.1 Å². The van der Waals surface area contributed by atoms with Crippen LogP contribution in [0.5, 0.6) is 0 Å². The summed E-state index contributed by atoms with van der Waals surface area (Å²) in [6, 6.07) is 7.02. The van der Waals surface area contributed by atoms with Crippen molar-refractivity contribution in [3.8, 4) is 0 Å². The zero-order valence-corrected chi connectivity index (χ0v) is 11.1. The highest BCUT2D eigenvalue weighted by molar-refractivity contribution is 7.99. The molecular weight excluding hydrogens is 249 g/mol. The molecule has 0 bridgehead atoms. The second kappa shape index (κ2) is 5.19. The summed E-state index contributed by atoms with van der Waals surface area (Å²) >= 11 is 1.96. The highest BCUT2D eigenvalue weighted by Crippen LogP contribution is 2.41. The quantitative estimate of drug-likeness (QED) is 0.845. The highest BCUT2D eigenvalue weighted by Gasteiger charge is 2.43. The van der Waals surface area contributed by atoms with Crippen LogP contribution in [0, 0.1) is 5.82 Å². The molecule has 2 unspecified atom stereocenters. The van der Waals surface area contributed by atoms with E-state index in [0.717, 1.165) is 30.9 Å². The molecule has 4 heteroatoms. The number of thioether (sulfide) groups is 1. The van der Waals surface area contributed by atoms with E-state index in [1.54, 1.807) is 0 Å². The molecule has 1 aromatic carbocycles. The van der Waals surface area contributed by atoms with E-state index in [2.05, 4.69) is 5.32 Å². The van der Waals surface area contributed by atoms with Crippen molar-refractivity contribution in [2.75, 3.05) is 24.7 Å². The van der Waals surface area contributed by atoms with Crippen LogP contribution in [0.4, 0.5) is 4.39 Å². The Morgan fingerprint density at radius 1 is 1.33 bits per heavy atom. The van der Waals surface area contributed by atoms with Crippen molar-refractivity contribution in [2.45, 2.75) is 24.5 Å². The van der Waals surface area contributed by atoms with Crippen molar-refractivity contribution in [1.82, 2.24) is 5.32 Å². The molecule has 0 saturated carbocycles. The van der Waals surface area contributed by atoms with Crippen molar-refractivity contribution in [1.29, 1.82) is 0 Å². The van der Waals surface area contributed by atoms with Gasteiger partial charge in [-0.05, 0) is 36.3 Å². The average Bonchev–Trinajstić information content (AvgIpc) is 2.42. The van der Waals surface area contributed by atoms with E-state index in [-0.39, 0.29) is 17.5 Å². The molecule has 1 aromatic rings. The van der Waals surface area contributed by atoms with E-state index in [9.17, 15) is 4.39 Å². The molecule has 2 aliphatic heterocycles. The maximum Gasteiger partial charge on any atom is 0.123 e. The minimum atomic E-state index is -0.178. The molecule has 3 rings (SSSR count). The molecule has 2 nitrogen and oxygen atoms in total. The molecule has 2 atom stereocenters. The topological polar surface area (TPSA) is 21.3 Å². The van der Waals surface area contributed by atoms with Crippen LogP contribution < -0.4 is 5.32 Å². The lowest BCUT2D eigenvalue weighted by atomic mass is 9.84. The molecule has 2 aliphatic rings. The first-order chi connectivity index (χ1) is 8.80. The third-order valence-corrected chi connectivity index (χ3v) is 5.07. The number of nitrogens with one attached hydrogen (secondary N) is 1. The van der Waals surface area contributed by atoms with Crippen LogP contribution in [-0.2, 0) is 4.74 Å². The van der Waals surface area contributed by atoms with Gasteiger partial charge in [0.05, 0.1) is 18.2 Å². The summed E-state index contributed by atoms with van der Waals surface area (Å²) in [6.07, 6.45) is 2.29. The van der Waals surface area contributed by atoms with Gasteiger partial charge in [0.15, 0.2) is 0 Å². The molecule has 18 heavy (non-hydrogen) atoms. The standard InChI is InChI=1S/C14H18FNOS/c15-12-4-2-11(3-5-12)13-14(17-8-7-16-13)6-1-9-18-10-14/h2-5,13,16H,1,6-10H2. The van der Waals surface area contributed by atoms with Gasteiger partial charge in [-0.25, -0.2) is 4.39 Å². The smallest absolute Gasteiger partial charge is 0.123 e. The largest absolute Gasteiger partial charge is 0.371 e. The van der Waals surface area contributed by atoms with Gasteiger partial charge in [-0.2, -0.15) is 11.8 Å². The lowest BCUT2D eigenvalue weighted by Gasteiger charge is -2.46. The van der Waals surface area contributed by atoms with Crippen molar-refractivity contribution < 1.29 is 9.13 Å². The van der Waals surface area contributed by atoms with Crippen molar-refractivity contribution in [3.05, 3.63) is 35.6 Å². The van der Waals surface area contributed by atoms with E-state index in [1.165, 1.54) is 24.3 Å². The Labute approximate surface area is 111 Å². The van der Waals surface area contributed by atoms with Gasteiger partial charge in [0.25, 0.3) is 0 Å². The minimum Gasteiger partial charge on any atom is -0.371 e. The molecule has 2 fully saturated rings. The van der Waals surface area contributed by atoms with Crippen molar-refractivity contribution in [2.24, 2.45) is 0 Å². The Bertz CT molecular complexity index is 394. The van der Waals surface area contributed by atoms with E-state index in [1.807, 2.05) is 23.9 Å². The van der Waals surface area contributed by atoms with Gasteiger partial charge in [0, 0.05) is 12.3 Å². The summed E-state index contributed by atoms with van der Waals surface area (Å²) in [7, 11) is 0. The second-order valence-corrected chi connectivity index (χ2v) is 6.11. The molecular formula is C14H18FNOS. The van der Waals surface area contributed by atoms with Gasteiger partial charge in [0.1, 0.15) is 5.82 Å². The van der Waals surface area contributed by atoms with Crippen LogP contribution >= 0.6 is 11.8 Å². The summed E-state index contributed by atoms with van der Waals surface area (Å²) in [4.78, 5) is 0. The fraction of sp³-hybridized carbons (Fsp3) is 0.571. The number of hydrogen-bond acceptors (Lipinski definition) is 3. The normalized spacial score (nSPS) is 32.6. The van der Waals surface area contributed by atoms with Gasteiger partial charge in [0.2, 0.25) is 0 Å². The van der Waals surface area contributed by atoms with E-state index < -0.39 is 0 Å². The molecule has 98 valence electrons. The Morgan fingerprint density at radius 3 is 2.89 bits per heavy atom. The van der Waals surface area contributed by atoms with Gasteiger partial charge in [-0.3, -0.25) is 0 Å². The third-order valence-electron chi connectivity index (χ3n) is 3.80. The fourth-order valence-electron chi connectivity index (χ4n) is 2.94. The van der Waals surface area contributed by atoms with Crippen LogP contribution in [-0.4, -0.2) is 30.3 Å². The predicted octanol–water partition coefficient (Wildman–Crippen LogP) is 2.75. The summed E-state index contributed by atoms with van der Waals surface area (Å²) in [5.41, 5.74) is 1.04. The van der Waals surface area contributed by atoms with Crippen molar-refractivity contribution in [3.63, 3.8) is 0 Å². The monoisotopic (exact) mass is 267 g/mol. The second-order valence-electron chi connectivity index (χ2n) is 5.01. The summed E-state index contributed by atoms with van der Waals surface area (Å²) in [6.45, 7) is 1.65. The Balaban J connectivity index is 1.89. The van der Waals surface area contributed by atoms with Crippen LogP contribution in [0.25, 0.3) is 0 Å². The number of ether oxygens (including phenoxy) is 1. The van der Waals surface area contributed by atoms with Gasteiger partial charge >= 0.3 is 0 Å². The van der Waals surface area contributed by atoms with Crippen molar-refractivity contribution >= 4 is 11.8 Å². The fourth-order valence-corrected chi connectivity index (χ4v) is 4.17. The molecule has 1 spiro atoms. The average molecular weight is 267 g/mol. The number of morpholine rings is 1. The molecule has 2 heterocycles. The molecule has 2 saturated heterocycles. The van der Waals surface area contributed by atoms with Crippen LogP contribution in [0.15, 0.2) is 24.3 Å². The van der Waals surface area contributed by atoms with Gasteiger partial charge in [-0.15, -0.1) is 0 Å².